The van der Waals surface area contributed by atoms with Crippen molar-refractivity contribution >= 4 is 17.8 Å². The van der Waals surface area contributed by atoms with Crippen LogP contribution < -0.4 is 15.5 Å². The number of alkyl halides is 3. The number of amides is 2. The van der Waals surface area contributed by atoms with Crippen molar-refractivity contribution in [2.24, 2.45) is 23.7 Å². The molecule has 2 aromatic rings. The van der Waals surface area contributed by atoms with Gasteiger partial charge in [0.05, 0.1) is 6.42 Å². The molecule has 11 heteroatoms. The summed E-state index contributed by atoms with van der Waals surface area (Å²) in [5, 5.41) is 13.3. The zero-order chi connectivity index (χ0) is 28.4. The van der Waals surface area contributed by atoms with Gasteiger partial charge in [0, 0.05) is 30.3 Å². The van der Waals surface area contributed by atoms with Gasteiger partial charge < -0.3 is 15.2 Å². The predicted molar refractivity (Wildman–Crippen MR) is 138 cm³/mol. The first-order chi connectivity index (χ1) is 19.1. The van der Waals surface area contributed by atoms with E-state index in [1.807, 2.05) is 5.01 Å². The molecule has 0 spiro atoms. The van der Waals surface area contributed by atoms with Crippen molar-refractivity contribution in [3.63, 3.8) is 0 Å². The van der Waals surface area contributed by atoms with Crippen molar-refractivity contribution in [3.8, 4) is 5.75 Å². The topological polar surface area (TPSA) is 108 Å². The van der Waals surface area contributed by atoms with E-state index in [1.54, 1.807) is 24.3 Å². The summed E-state index contributed by atoms with van der Waals surface area (Å²) in [6.07, 6.45) is 0.866. The van der Waals surface area contributed by atoms with Crippen LogP contribution in [-0.4, -0.2) is 46.8 Å². The average molecular weight is 560 g/mol. The van der Waals surface area contributed by atoms with E-state index in [0.29, 0.717) is 29.9 Å². The van der Waals surface area contributed by atoms with Crippen LogP contribution in [0.2, 0.25) is 0 Å². The molecule has 0 aromatic heterocycles. The van der Waals surface area contributed by atoms with E-state index in [-0.39, 0.29) is 30.5 Å². The maximum absolute atomic E-state index is 13.2. The summed E-state index contributed by atoms with van der Waals surface area (Å²) in [5.74, 6) is 0.353. The van der Waals surface area contributed by atoms with Crippen molar-refractivity contribution in [2.75, 3.05) is 6.54 Å². The number of hydrazine groups is 1. The highest BCUT2D eigenvalue weighted by atomic mass is 19.4. The Morgan fingerprint density at radius 3 is 2.23 bits per heavy atom. The molecule has 40 heavy (non-hydrogen) atoms. The largest absolute Gasteiger partial charge is 0.573 e. The number of nitrogens with zero attached hydrogens (tertiary/aromatic N) is 1. The number of hydrogen-bond acceptors (Lipinski definition) is 5. The van der Waals surface area contributed by atoms with Gasteiger partial charge in [0.2, 0.25) is 0 Å². The van der Waals surface area contributed by atoms with Crippen molar-refractivity contribution in [1.29, 1.82) is 0 Å². The fourth-order valence-corrected chi connectivity index (χ4v) is 6.98. The number of nitrogens with one attached hydrogen (secondary N) is 2. The zero-order valence-electron chi connectivity index (χ0n) is 21.8. The van der Waals surface area contributed by atoms with Gasteiger partial charge in [0.25, 0.3) is 11.8 Å². The Morgan fingerprint density at radius 2 is 1.55 bits per heavy atom. The predicted octanol–water partition coefficient (Wildman–Crippen LogP) is 4.76. The van der Waals surface area contributed by atoms with E-state index < -0.39 is 24.0 Å². The molecule has 214 valence electrons. The van der Waals surface area contributed by atoms with Crippen LogP contribution >= 0.6 is 0 Å². The lowest BCUT2D eigenvalue weighted by molar-refractivity contribution is -0.274. The van der Waals surface area contributed by atoms with E-state index >= 15 is 0 Å². The molecule has 8 nitrogen and oxygen atoms in total. The van der Waals surface area contributed by atoms with Crippen molar-refractivity contribution in [1.82, 2.24) is 15.8 Å². The van der Waals surface area contributed by atoms with Gasteiger partial charge in [-0.2, -0.15) is 0 Å². The summed E-state index contributed by atoms with van der Waals surface area (Å²) in [4.78, 5) is 36.2. The number of carbonyl (C=O) groups excluding carboxylic acids is 2. The fourth-order valence-electron chi connectivity index (χ4n) is 6.98. The summed E-state index contributed by atoms with van der Waals surface area (Å²) in [6.45, 7) is 0.429. The zero-order valence-corrected chi connectivity index (χ0v) is 21.8. The molecule has 2 bridgehead atoms. The number of fused-ring (bicyclic) bond motifs is 5. The second kappa shape index (κ2) is 11.5. The number of carboxylic acid groups (broad SMARTS) is 1. The van der Waals surface area contributed by atoms with Crippen LogP contribution in [-0.2, 0) is 11.3 Å². The maximum Gasteiger partial charge on any atom is 0.573 e. The normalized spacial score (nSPS) is 25.1. The SMILES string of the molecule is O=C(O)CCNC(=O)c1ccc(CN(NC(=O)c2ccc(OC(F)(F)F)cc2)C2C[C@H]3C[C@H]2C2CCCC23)cc1. The van der Waals surface area contributed by atoms with Crippen LogP contribution in [0.5, 0.6) is 5.75 Å². The Labute approximate surface area is 229 Å². The lowest BCUT2D eigenvalue weighted by Crippen LogP contribution is -2.51. The summed E-state index contributed by atoms with van der Waals surface area (Å²) in [5.41, 5.74) is 4.53. The highest BCUT2D eigenvalue weighted by molar-refractivity contribution is 5.94. The summed E-state index contributed by atoms with van der Waals surface area (Å²) in [7, 11) is 0. The minimum atomic E-state index is -4.81. The number of carbonyl (C=O) groups is 3. The molecule has 3 saturated carbocycles. The van der Waals surface area contributed by atoms with Gasteiger partial charge >= 0.3 is 12.3 Å². The van der Waals surface area contributed by atoms with E-state index in [9.17, 15) is 27.6 Å². The lowest BCUT2D eigenvalue weighted by Gasteiger charge is -2.39. The highest BCUT2D eigenvalue weighted by Gasteiger charge is 2.55. The monoisotopic (exact) mass is 559 g/mol. The molecule has 0 radical (unpaired) electrons. The van der Waals surface area contributed by atoms with E-state index in [4.69, 9.17) is 5.11 Å². The Kier molecular flexibility index (Phi) is 8.02. The molecule has 3 fully saturated rings. The van der Waals surface area contributed by atoms with E-state index in [1.165, 1.54) is 31.4 Å². The fraction of sp³-hybridized carbons (Fsp3) is 0.483. The van der Waals surface area contributed by atoms with Gasteiger partial charge in [-0.3, -0.25) is 19.8 Å². The standard InChI is InChI=1S/C29H32F3N3O5/c30-29(31,32)40-21-10-8-19(9-11-21)28(39)34-35(25-15-20-14-24(25)23-3-1-2-22(20)23)16-17-4-6-18(7-5-17)27(38)33-13-12-26(36)37/h4-11,20,22-25H,1-3,12-16H2,(H,33,38)(H,34,39)(H,36,37)/t20-,22?,23?,24+,25?/m1/s1. The smallest absolute Gasteiger partial charge is 0.481 e. The van der Waals surface area contributed by atoms with Crippen LogP contribution in [0.1, 0.15) is 64.8 Å². The van der Waals surface area contributed by atoms with Crippen LogP contribution in [0, 0.1) is 23.7 Å². The van der Waals surface area contributed by atoms with Crippen LogP contribution in [0.15, 0.2) is 48.5 Å². The first-order valence-electron chi connectivity index (χ1n) is 13.6. The van der Waals surface area contributed by atoms with Gasteiger partial charge in [-0.25, -0.2) is 5.01 Å². The van der Waals surface area contributed by atoms with Crippen LogP contribution in [0.3, 0.4) is 0 Å². The first kappa shape index (κ1) is 27.9. The van der Waals surface area contributed by atoms with Crippen molar-refractivity contribution < 1.29 is 37.4 Å². The molecule has 0 aliphatic heterocycles. The van der Waals surface area contributed by atoms with E-state index in [0.717, 1.165) is 36.5 Å². The second-order valence-electron chi connectivity index (χ2n) is 11.0. The van der Waals surface area contributed by atoms with E-state index in [2.05, 4.69) is 15.5 Å². The van der Waals surface area contributed by atoms with Gasteiger partial charge in [-0.05, 0) is 91.3 Å². The summed E-state index contributed by atoms with van der Waals surface area (Å²) in [6, 6.07) is 11.9. The number of rotatable bonds is 10. The number of aliphatic carboxylic acids is 1. The number of hydrogen-bond donors (Lipinski definition) is 3. The third-order valence-electron chi connectivity index (χ3n) is 8.58. The molecule has 2 aromatic carbocycles. The van der Waals surface area contributed by atoms with Crippen molar-refractivity contribution in [2.45, 2.75) is 57.5 Å². The Balaban J connectivity index is 1.29. The Bertz CT molecular complexity index is 1230. The first-order valence-corrected chi connectivity index (χ1v) is 13.6. The third-order valence-corrected chi connectivity index (χ3v) is 8.58. The van der Waals surface area contributed by atoms with Gasteiger partial charge in [0.15, 0.2) is 0 Å². The quantitative estimate of drug-likeness (QED) is 0.363. The molecule has 3 N–H and O–H groups in total. The summed E-state index contributed by atoms with van der Waals surface area (Å²) >= 11 is 0. The molecule has 2 amide bonds. The molecule has 3 aliphatic carbocycles. The molecule has 3 unspecified atom stereocenters. The highest BCUT2D eigenvalue weighted by Crippen LogP contribution is 2.59. The minimum Gasteiger partial charge on any atom is -0.481 e. The van der Waals surface area contributed by atoms with Crippen LogP contribution in [0.4, 0.5) is 13.2 Å². The van der Waals surface area contributed by atoms with Gasteiger partial charge in [0.1, 0.15) is 5.75 Å². The Morgan fingerprint density at radius 1 is 0.900 bits per heavy atom. The Hall–Kier alpha value is -3.60. The lowest BCUT2D eigenvalue weighted by atomic mass is 9.79. The molecule has 5 atom stereocenters. The van der Waals surface area contributed by atoms with Crippen LogP contribution in [0.25, 0.3) is 0 Å². The molecule has 0 heterocycles. The molecular weight excluding hydrogens is 527 g/mol. The minimum absolute atomic E-state index is 0.0332. The van der Waals surface area contributed by atoms with Gasteiger partial charge in [-0.1, -0.05) is 18.6 Å². The number of carboxylic acids is 1. The average Bonchev–Trinajstić information content (AvgIpc) is 3.62. The molecule has 5 rings (SSSR count). The van der Waals surface area contributed by atoms with Gasteiger partial charge in [-0.15, -0.1) is 13.2 Å². The second-order valence-corrected chi connectivity index (χ2v) is 11.0. The number of halogens is 3. The molecule has 3 aliphatic rings. The molecule has 0 saturated heterocycles. The summed E-state index contributed by atoms with van der Waals surface area (Å²) < 4.78 is 41.5. The van der Waals surface area contributed by atoms with Crippen molar-refractivity contribution in [3.05, 3.63) is 65.2 Å². The molecular formula is C29H32F3N3O5. The number of ether oxygens (including phenoxy) is 1. The third kappa shape index (κ3) is 6.41. The number of benzene rings is 2. The maximum atomic E-state index is 13.2.